The molecule has 45 heavy (non-hydrogen) atoms. The van der Waals surface area contributed by atoms with E-state index in [2.05, 4.69) is 52.2 Å². The van der Waals surface area contributed by atoms with Crippen molar-refractivity contribution in [1.82, 2.24) is 0 Å². The summed E-state index contributed by atoms with van der Waals surface area (Å²) in [6, 6.07) is 0. The van der Waals surface area contributed by atoms with Crippen LogP contribution in [0.5, 0.6) is 0 Å². The molecule has 4 rings (SSSR count). The number of nitrogens with one attached hydrogen (secondary N) is 2. The molecule has 0 saturated heterocycles. The average molecular weight is 659 g/mol. The highest BCUT2D eigenvalue weighted by Crippen LogP contribution is 2.46. The lowest BCUT2D eigenvalue weighted by Gasteiger charge is -2.33. The quantitative estimate of drug-likeness (QED) is 0.249. The molecule has 2 amide bonds. The summed E-state index contributed by atoms with van der Waals surface area (Å²) in [6.07, 6.45) is 5.89. The van der Waals surface area contributed by atoms with Crippen LogP contribution in [0.4, 0.5) is 10.0 Å². The zero-order valence-electron chi connectivity index (χ0n) is 28.2. The predicted molar refractivity (Wildman–Crippen MR) is 182 cm³/mol. The first kappa shape index (κ1) is 35.1. The van der Waals surface area contributed by atoms with Crippen LogP contribution in [-0.4, -0.2) is 37.0 Å². The van der Waals surface area contributed by atoms with Gasteiger partial charge in [0.25, 0.3) is 0 Å². The van der Waals surface area contributed by atoms with Crippen molar-refractivity contribution >= 4 is 56.4 Å². The Morgan fingerprint density at radius 2 is 1.07 bits per heavy atom. The molecule has 0 fully saturated rings. The number of esters is 2. The van der Waals surface area contributed by atoms with E-state index >= 15 is 0 Å². The number of rotatable bonds is 10. The van der Waals surface area contributed by atoms with Crippen molar-refractivity contribution in [3.8, 4) is 0 Å². The molecule has 2 unspecified atom stereocenters. The van der Waals surface area contributed by atoms with Gasteiger partial charge in [-0.3, -0.25) is 9.59 Å². The molecule has 248 valence electrons. The maximum absolute atomic E-state index is 13.0. The van der Waals surface area contributed by atoms with Gasteiger partial charge in [0, 0.05) is 22.6 Å². The minimum Gasteiger partial charge on any atom is -0.462 e. The third-order valence-electron chi connectivity index (χ3n) is 9.25. The number of amides is 2. The van der Waals surface area contributed by atoms with Crippen molar-refractivity contribution in [2.24, 2.45) is 22.7 Å². The maximum Gasteiger partial charge on any atom is 0.341 e. The second-order valence-electron chi connectivity index (χ2n) is 14.4. The van der Waals surface area contributed by atoms with Gasteiger partial charge in [-0.2, -0.15) is 0 Å². The highest BCUT2D eigenvalue weighted by Gasteiger charge is 2.36. The molecule has 2 heterocycles. The van der Waals surface area contributed by atoms with Crippen molar-refractivity contribution in [1.29, 1.82) is 0 Å². The first-order chi connectivity index (χ1) is 21.1. The summed E-state index contributed by atoms with van der Waals surface area (Å²) in [5, 5.41) is 7.00. The van der Waals surface area contributed by atoms with Crippen LogP contribution in [0.1, 0.15) is 129 Å². The van der Waals surface area contributed by atoms with E-state index in [0.29, 0.717) is 39.4 Å². The maximum atomic E-state index is 13.0. The van der Waals surface area contributed by atoms with Gasteiger partial charge in [0.15, 0.2) is 0 Å². The van der Waals surface area contributed by atoms with Crippen LogP contribution in [0.15, 0.2) is 0 Å². The SMILES string of the molecule is CCOC(=O)c1c(NC(=O)CCCC(=O)Nc2sc3c(c2C(=O)OCC)CCC(C(C)(C)C)C3)sc2c1CCC(C(C)(C)C)C2. The Hall–Kier alpha value is -2.72. The van der Waals surface area contributed by atoms with E-state index < -0.39 is 11.9 Å². The largest absolute Gasteiger partial charge is 0.462 e. The fourth-order valence-corrected chi connectivity index (χ4v) is 9.12. The average Bonchev–Trinajstić information content (AvgIpc) is 3.48. The molecule has 0 spiro atoms. The Balaban J connectivity index is 1.40. The molecule has 2 aromatic rings. The smallest absolute Gasteiger partial charge is 0.341 e. The summed E-state index contributed by atoms with van der Waals surface area (Å²) in [6.45, 7) is 17.5. The molecule has 0 aromatic carbocycles. The van der Waals surface area contributed by atoms with Gasteiger partial charge >= 0.3 is 11.9 Å². The Morgan fingerprint density at radius 1 is 0.689 bits per heavy atom. The van der Waals surface area contributed by atoms with Crippen molar-refractivity contribution in [3.63, 3.8) is 0 Å². The molecule has 8 nitrogen and oxygen atoms in total. The first-order valence-corrected chi connectivity index (χ1v) is 18.0. The zero-order valence-corrected chi connectivity index (χ0v) is 29.8. The van der Waals surface area contributed by atoms with E-state index in [4.69, 9.17) is 9.47 Å². The summed E-state index contributed by atoms with van der Waals surface area (Å²) in [5.41, 5.74) is 3.28. The molecule has 0 radical (unpaired) electrons. The standard InChI is InChI=1S/C35H50N2O6S2/c1-9-42-32(40)28-22-16-14-20(34(3,4)5)18-24(22)44-30(28)36-26(38)12-11-13-27(39)37-31-29(33(41)43-10-2)23-17-15-21(35(6,7)8)19-25(23)45-31/h20-21H,9-19H2,1-8H3,(H,36,38)(H,37,39). The van der Waals surface area contributed by atoms with E-state index in [-0.39, 0.29) is 48.7 Å². The topological polar surface area (TPSA) is 111 Å². The molecule has 2 aromatic heterocycles. The van der Waals surface area contributed by atoms with Gasteiger partial charge in [-0.15, -0.1) is 22.7 Å². The molecule has 10 heteroatoms. The number of hydrogen-bond acceptors (Lipinski definition) is 8. The summed E-state index contributed by atoms with van der Waals surface area (Å²) in [4.78, 5) is 54.2. The van der Waals surface area contributed by atoms with E-state index in [9.17, 15) is 19.2 Å². The van der Waals surface area contributed by atoms with Crippen LogP contribution in [0, 0.1) is 22.7 Å². The van der Waals surface area contributed by atoms with Gasteiger partial charge in [-0.25, -0.2) is 9.59 Å². The highest BCUT2D eigenvalue weighted by atomic mass is 32.1. The molecule has 2 N–H and O–H groups in total. The lowest BCUT2D eigenvalue weighted by molar-refractivity contribution is -0.117. The Kier molecular flexibility index (Phi) is 11.2. The molecular weight excluding hydrogens is 609 g/mol. The molecule has 0 aliphatic heterocycles. The van der Waals surface area contributed by atoms with Gasteiger partial charge in [-0.05, 0) is 92.6 Å². The number of thiophene rings is 2. The van der Waals surface area contributed by atoms with Gasteiger partial charge in [0.2, 0.25) is 11.8 Å². The van der Waals surface area contributed by atoms with E-state index in [0.717, 1.165) is 59.4 Å². The van der Waals surface area contributed by atoms with Crippen LogP contribution < -0.4 is 10.6 Å². The van der Waals surface area contributed by atoms with Crippen LogP contribution in [0.25, 0.3) is 0 Å². The highest BCUT2D eigenvalue weighted by molar-refractivity contribution is 7.17. The summed E-state index contributed by atoms with van der Waals surface area (Å²) >= 11 is 2.95. The zero-order chi connectivity index (χ0) is 33.1. The van der Waals surface area contributed by atoms with Crippen molar-refractivity contribution < 1.29 is 28.7 Å². The second kappa shape index (κ2) is 14.4. The van der Waals surface area contributed by atoms with E-state index in [1.807, 2.05) is 0 Å². The Labute approximate surface area is 276 Å². The lowest BCUT2D eigenvalue weighted by Crippen LogP contribution is -2.26. The monoisotopic (exact) mass is 658 g/mol. The molecule has 2 aliphatic rings. The normalized spacial score (nSPS) is 18.0. The van der Waals surface area contributed by atoms with Gasteiger partial charge in [0.1, 0.15) is 10.0 Å². The van der Waals surface area contributed by atoms with Crippen molar-refractivity contribution in [3.05, 3.63) is 32.0 Å². The third-order valence-corrected chi connectivity index (χ3v) is 11.6. The number of carbonyl (C=O) groups is 4. The summed E-state index contributed by atoms with van der Waals surface area (Å²) < 4.78 is 10.7. The van der Waals surface area contributed by atoms with E-state index in [1.54, 1.807) is 13.8 Å². The van der Waals surface area contributed by atoms with Crippen LogP contribution in [0.2, 0.25) is 0 Å². The second-order valence-corrected chi connectivity index (χ2v) is 16.6. The van der Waals surface area contributed by atoms with Crippen molar-refractivity contribution in [2.45, 2.75) is 113 Å². The Morgan fingerprint density at radius 3 is 1.40 bits per heavy atom. The fraction of sp³-hybridized carbons (Fsp3) is 0.657. The number of hydrogen-bond donors (Lipinski definition) is 2. The van der Waals surface area contributed by atoms with Gasteiger partial charge < -0.3 is 20.1 Å². The number of fused-ring (bicyclic) bond motifs is 2. The summed E-state index contributed by atoms with van der Waals surface area (Å²) in [5.74, 6) is -0.289. The van der Waals surface area contributed by atoms with Crippen molar-refractivity contribution in [2.75, 3.05) is 23.8 Å². The molecular formula is C35H50N2O6S2. The van der Waals surface area contributed by atoms with Gasteiger partial charge in [0.05, 0.1) is 24.3 Å². The predicted octanol–water partition coefficient (Wildman–Crippen LogP) is 8.21. The fourth-order valence-electron chi connectivity index (χ4n) is 6.45. The molecule has 0 saturated carbocycles. The number of ether oxygens (including phenoxy) is 2. The van der Waals surface area contributed by atoms with E-state index in [1.165, 1.54) is 22.7 Å². The molecule has 2 atom stereocenters. The third kappa shape index (κ3) is 8.36. The minimum atomic E-state index is -0.399. The number of carbonyl (C=O) groups excluding carboxylic acids is 4. The lowest BCUT2D eigenvalue weighted by atomic mass is 9.72. The van der Waals surface area contributed by atoms with Crippen LogP contribution >= 0.6 is 22.7 Å². The van der Waals surface area contributed by atoms with Crippen LogP contribution in [0.3, 0.4) is 0 Å². The molecule has 2 aliphatic carbocycles. The summed E-state index contributed by atoms with van der Waals surface area (Å²) in [7, 11) is 0. The minimum absolute atomic E-state index is 0.127. The number of anilines is 2. The first-order valence-electron chi connectivity index (χ1n) is 16.4. The Bertz CT molecular complexity index is 1320. The molecule has 0 bridgehead atoms. The van der Waals surface area contributed by atoms with Gasteiger partial charge in [-0.1, -0.05) is 41.5 Å². The van der Waals surface area contributed by atoms with Crippen LogP contribution in [-0.2, 0) is 44.7 Å².